The minimum Gasteiger partial charge on any atom is -0.303 e. The van der Waals surface area contributed by atoms with E-state index in [9.17, 15) is 0 Å². The van der Waals surface area contributed by atoms with Crippen molar-refractivity contribution >= 4 is 0 Å². The van der Waals surface area contributed by atoms with E-state index in [0.29, 0.717) is 0 Å². The molecule has 0 aromatic heterocycles. The second-order valence-corrected chi connectivity index (χ2v) is 10.6. The van der Waals surface area contributed by atoms with Crippen LogP contribution in [0.5, 0.6) is 0 Å². The molecule has 0 aromatic carbocycles. The van der Waals surface area contributed by atoms with Crippen LogP contribution >= 0.6 is 0 Å². The standard InChI is InChI=1S/C34H65N.C2H6/c1-4-7-9-11-13-15-17-19-21-23-25-27-29-31-34-35(32-6-3)33-30-28-26-24-22-20-18-16-14-12-10-8-5-2;1-2/h13,15-19H,4-12,14,20-34H2,1-3H3;1-2H3/b15-13+,18-16+,19-17+;. The first kappa shape index (κ1) is 38.3. The monoisotopic (exact) mass is 518 g/mol. The topological polar surface area (TPSA) is 3.24 Å². The molecule has 0 aromatic rings. The Hall–Kier alpha value is -0.820. The summed E-state index contributed by atoms with van der Waals surface area (Å²) in [5, 5.41) is 0. The summed E-state index contributed by atoms with van der Waals surface area (Å²) in [4.78, 5) is 2.73. The first-order valence-corrected chi connectivity index (χ1v) is 17.0. The minimum absolute atomic E-state index is 1.24. The zero-order valence-corrected chi connectivity index (χ0v) is 26.6. The van der Waals surface area contributed by atoms with Gasteiger partial charge in [0, 0.05) is 0 Å². The molecule has 0 radical (unpaired) electrons. The first-order chi connectivity index (χ1) is 18.3. The predicted molar refractivity (Wildman–Crippen MR) is 174 cm³/mol. The summed E-state index contributed by atoms with van der Waals surface area (Å²) in [6.45, 7) is 14.8. The van der Waals surface area contributed by atoms with Crippen LogP contribution in [0.25, 0.3) is 0 Å². The van der Waals surface area contributed by atoms with Crippen molar-refractivity contribution in [3.63, 3.8) is 0 Å². The smallest absolute Gasteiger partial charge is 0.00187 e. The Labute approximate surface area is 236 Å². The van der Waals surface area contributed by atoms with Crippen LogP contribution < -0.4 is 0 Å². The number of hydrogen-bond acceptors (Lipinski definition) is 1. The number of rotatable bonds is 28. The van der Waals surface area contributed by atoms with Gasteiger partial charge in [0.15, 0.2) is 0 Å². The molecular formula is C36H71N. The SMILES string of the molecule is CC.CCCCC/C=C/C=C/CCCCCCCN(CCC)CCCCCCC/C=C/CCCCCC. The van der Waals surface area contributed by atoms with Gasteiger partial charge < -0.3 is 4.90 Å². The number of hydrogen-bond donors (Lipinski definition) is 0. The van der Waals surface area contributed by atoms with Crippen molar-refractivity contribution in [2.45, 2.75) is 176 Å². The van der Waals surface area contributed by atoms with Gasteiger partial charge in [-0.05, 0) is 90.3 Å². The predicted octanol–water partition coefficient (Wildman–Crippen LogP) is 12.6. The molecule has 220 valence electrons. The molecular weight excluding hydrogens is 446 g/mol. The van der Waals surface area contributed by atoms with Gasteiger partial charge >= 0.3 is 0 Å². The molecule has 1 heteroatoms. The van der Waals surface area contributed by atoms with Crippen molar-refractivity contribution in [2.75, 3.05) is 19.6 Å². The zero-order valence-electron chi connectivity index (χ0n) is 26.6. The summed E-state index contributed by atoms with van der Waals surface area (Å²) in [5.41, 5.74) is 0. The molecule has 0 bridgehead atoms. The van der Waals surface area contributed by atoms with Crippen LogP contribution in [0.3, 0.4) is 0 Å². The molecule has 0 heterocycles. The van der Waals surface area contributed by atoms with E-state index in [1.165, 1.54) is 161 Å². The van der Waals surface area contributed by atoms with Crippen LogP contribution in [-0.2, 0) is 0 Å². The Morgan fingerprint density at radius 3 is 1.16 bits per heavy atom. The largest absolute Gasteiger partial charge is 0.303 e. The molecule has 0 spiro atoms. The lowest BCUT2D eigenvalue weighted by molar-refractivity contribution is 0.260. The Morgan fingerprint density at radius 2 is 0.703 bits per heavy atom. The lowest BCUT2D eigenvalue weighted by Crippen LogP contribution is -2.27. The van der Waals surface area contributed by atoms with Crippen LogP contribution in [0.15, 0.2) is 36.5 Å². The molecule has 0 atom stereocenters. The van der Waals surface area contributed by atoms with E-state index < -0.39 is 0 Å². The molecule has 1 nitrogen and oxygen atoms in total. The summed E-state index contributed by atoms with van der Waals surface area (Å²) in [6.07, 6.45) is 43.9. The minimum atomic E-state index is 1.24. The van der Waals surface area contributed by atoms with Crippen molar-refractivity contribution < 1.29 is 0 Å². The van der Waals surface area contributed by atoms with Gasteiger partial charge in [-0.2, -0.15) is 0 Å². The summed E-state index contributed by atoms with van der Waals surface area (Å²) in [5.74, 6) is 0. The number of nitrogens with zero attached hydrogens (tertiary/aromatic N) is 1. The van der Waals surface area contributed by atoms with Gasteiger partial charge in [0.25, 0.3) is 0 Å². The van der Waals surface area contributed by atoms with Gasteiger partial charge in [0.1, 0.15) is 0 Å². The van der Waals surface area contributed by atoms with E-state index in [-0.39, 0.29) is 0 Å². The average molecular weight is 518 g/mol. The van der Waals surface area contributed by atoms with Gasteiger partial charge in [-0.25, -0.2) is 0 Å². The van der Waals surface area contributed by atoms with Crippen molar-refractivity contribution in [2.24, 2.45) is 0 Å². The maximum atomic E-state index is 2.73. The van der Waals surface area contributed by atoms with Crippen LogP contribution in [0, 0.1) is 0 Å². The zero-order chi connectivity index (χ0) is 27.5. The summed E-state index contributed by atoms with van der Waals surface area (Å²) in [6, 6.07) is 0. The summed E-state index contributed by atoms with van der Waals surface area (Å²) >= 11 is 0. The van der Waals surface area contributed by atoms with Gasteiger partial charge in [-0.15, -0.1) is 0 Å². The highest BCUT2D eigenvalue weighted by molar-refractivity contribution is 5.02. The second-order valence-electron chi connectivity index (χ2n) is 10.6. The third-order valence-corrected chi connectivity index (χ3v) is 6.98. The van der Waals surface area contributed by atoms with Crippen molar-refractivity contribution in [1.29, 1.82) is 0 Å². The van der Waals surface area contributed by atoms with Crippen LogP contribution in [0.2, 0.25) is 0 Å². The van der Waals surface area contributed by atoms with E-state index >= 15 is 0 Å². The molecule has 37 heavy (non-hydrogen) atoms. The fourth-order valence-corrected chi connectivity index (χ4v) is 4.69. The molecule has 0 aliphatic heterocycles. The summed E-state index contributed by atoms with van der Waals surface area (Å²) < 4.78 is 0. The lowest BCUT2D eigenvalue weighted by Gasteiger charge is -2.21. The molecule has 0 amide bonds. The van der Waals surface area contributed by atoms with Crippen LogP contribution in [0.1, 0.15) is 176 Å². The van der Waals surface area contributed by atoms with Crippen molar-refractivity contribution in [3.05, 3.63) is 36.5 Å². The molecule has 0 fully saturated rings. The number of allylic oxidation sites excluding steroid dienone is 6. The molecule has 0 rings (SSSR count). The Kier molecular flexibility index (Phi) is 38.7. The van der Waals surface area contributed by atoms with Crippen LogP contribution in [-0.4, -0.2) is 24.5 Å². The van der Waals surface area contributed by atoms with E-state index in [1.54, 1.807) is 0 Å². The molecule has 0 N–H and O–H groups in total. The Balaban J connectivity index is 0. The third-order valence-electron chi connectivity index (χ3n) is 6.98. The molecule has 0 saturated heterocycles. The summed E-state index contributed by atoms with van der Waals surface area (Å²) in [7, 11) is 0. The van der Waals surface area contributed by atoms with Gasteiger partial charge in [-0.3, -0.25) is 0 Å². The maximum Gasteiger partial charge on any atom is -0.00187 e. The average Bonchev–Trinajstić information content (AvgIpc) is 2.92. The highest BCUT2D eigenvalue weighted by Gasteiger charge is 2.03. The maximum absolute atomic E-state index is 2.73. The highest BCUT2D eigenvalue weighted by Crippen LogP contribution is 2.11. The fourth-order valence-electron chi connectivity index (χ4n) is 4.69. The van der Waals surface area contributed by atoms with Gasteiger partial charge in [-0.1, -0.05) is 142 Å². The first-order valence-electron chi connectivity index (χ1n) is 17.0. The molecule has 0 unspecified atom stereocenters. The van der Waals surface area contributed by atoms with Crippen LogP contribution in [0.4, 0.5) is 0 Å². The Morgan fingerprint density at radius 1 is 0.351 bits per heavy atom. The Bertz CT molecular complexity index is 461. The highest BCUT2D eigenvalue weighted by atomic mass is 15.1. The number of unbranched alkanes of at least 4 members (excludes halogenated alkanes) is 17. The normalized spacial score (nSPS) is 11.8. The quantitative estimate of drug-likeness (QED) is 0.0566. The lowest BCUT2D eigenvalue weighted by atomic mass is 10.1. The van der Waals surface area contributed by atoms with E-state index in [1.807, 2.05) is 13.8 Å². The van der Waals surface area contributed by atoms with Crippen molar-refractivity contribution in [3.8, 4) is 0 Å². The molecule has 0 aliphatic carbocycles. The van der Waals surface area contributed by atoms with E-state index in [2.05, 4.69) is 62.1 Å². The third kappa shape index (κ3) is 35.2. The molecule has 0 aliphatic rings. The van der Waals surface area contributed by atoms with Crippen molar-refractivity contribution in [1.82, 2.24) is 4.90 Å². The van der Waals surface area contributed by atoms with Gasteiger partial charge in [0.05, 0.1) is 0 Å². The van der Waals surface area contributed by atoms with E-state index in [0.717, 1.165) is 0 Å². The van der Waals surface area contributed by atoms with Gasteiger partial charge in [0.2, 0.25) is 0 Å². The fraction of sp³-hybridized carbons (Fsp3) is 0.833. The van der Waals surface area contributed by atoms with E-state index in [4.69, 9.17) is 0 Å². The molecule has 0 saturated carbocycles. The second kappa shape index (κ2) is 37.3.